The Morgan fingerprint density at radius 1 is 1.05 bits per heavy atom. The molecule has 0 aliphatic heterocycles. The molecule has 112 valence electrons. The van der Waals surface area contributed by atoms with Crippen molar-refractivity contribution in [3.63, 3.8) is 0 Å². The summed E-state index contributed by atoms with van der Waals surface area (Å²) in [6.07, 6.45) is 0. The fourth-order valence-corrected chi connectivity index (χ4v) is 2.48. The van der Waals surface area contributed by atoms with Crippen LogP contribution >= 0.6 is 7.82 Å². The molecule has 1 atom stereocenters. The molecule has 0 aromatic heterocycles. The third-order valence-corrected chi connectivity index (χ3v) is 3.48. The Kier molecular flexibility index (Phi) is 4.23. The molecular weight excluding hydrogens is 295 g/mol. The number of aromatic hydroxyl groups is 2. The number of benzene rings is 2. The number of phenols is 2. The third kappa shape index (κ3) is 3.98. The molecular formula is C14H15O6P. The lowest BCUT2D eigenvalue weighted by Gasteiger charge is -2.18. The second kappa shape index (κ2) is 5.77. The van der Waals surface area contributed by atoms with Crippen LogP contribution in [-0.2, 0) is 4.57 Å². The lowest BCUT2D eigenvalue weighted by atomic mass is 9.92. The fourth-order valence-electron chi connectivity index (χ4n) is 2.06. The van der Waals surface area contributed by atoms with Gasteiger partial charge in [0.15, 0.2) is 0 Å². The summed E-state index contributed by atoms with van der Waals surface area (Å²) in [6, 6.07) is 10.4. The van der Waals surface area contributed by atoms with E-state index in [2.05, 4.69) is 4.52 Å². The molecule has 0 aliphatic rings. The van der Waals surface area contributed by atoms with E-state index in [0.29, 0.717) is 5.56 Å². The fraction of sp³-hybridized carbons (Fsp3) is 0.143. The molecule has 7 heteroatoms. The Hall–Kier alpha value is -2.01. The number of hydrogen-bond donors (Lipinski definition) is 4. The van der Waals surface area contributed by atoms with Crippen LogP contribution in [0.25, 0.3) is 0 Å². The highest BCUT2D eigenvalue weighted by molar-refractivity contribution is 7.46. The van der Waals surface area contributed by atoms with Gasteiger partial charge in [0, 0.05) is 11.5 Å². The largest absolute Gasteiger partial charge is 0.524 e. The van der Waals surface area contributed by atoms with Gasteiger partial charge in [-0.05, 0) is 35.9 Å². The Bertz CT molecular complexity index is 694. The number of phenolic OH excluding ortho intramolecular Hbond substituents is 2. The zero-order valence-electron chi connectivity index (χ0n) is 11.2. The standard InChI is InChI=1S/C14H15O6P/c1-9(10-3-2-4-11(15)7-10)13-8-12(16)5-6-14(13)20-21(17,18)19/h2-9,15-16H,1H3,(H2,17,18,19). The van der Waals surface area contributed by atoms with Gasteiger partial charge in [-0.3, -0.25) is 9.79 Å². The van der Waals surface area contributed by atoms with Gasteiger partial charge in [-0.15, -0.1) is 0 Å². The van der Waals surface area contributed by atoms with Crippen molar-refractivity contribution >= 4 is 7.82 Å². The van der Waals surface area contributed by atoms with Crippen LogP contribution in [0.3, 0.4) is 0 Å². The minimum atomic E-state index is -4.70. The van der Waals surface area contributed by atoms with Gasteiger partial charge in [0.1, 0.15) is 17.2 Å². The molecule has 0 fully saturated rings. The molecule has 0 amide bonds. The van der Waals surface area contributed by atoms with Crippen LogP contribution in [0.4, 0.5) is 0 Å². The van der Waals surface area contributed by atoms with Crippen molar-refractivity contribution in [1.29, 1.82) is 0 Å². The van der Waals surface area contributed by atoms with Crippen LogP contribution < -0.4 is 4.52 Å². The molecule has 21 heavy (non-hydrogen) atoms. The van der Waals surface area contributed by atoms with Crippen molar-refractivity contribution in [2.24, 2.45) is 0 Å². The summed E-state index contributed by atoms with van der Waals surface area (Å²) in [5.41, 5.74) is 1.13. The predicted octanol–water partition coefficient (Wildman–Crippen LogP) is 2.72. The molecule has 2 aromatic carbocycles. The highest BCUT2D eigenvalue weighted by Crippen LogP contribution is 2.43. The highest BCUT2D eigenvalue weighted by atomic mass is 31.2. The van der Waals surface area contributed by atoms with Crippen molar-refractivity contribution in [2.75, 3.05) is 0 Å². The molecule has 0 saturated heterocycles. The highest BCUT2D eigenvalue weighted by Gasteiger charge is 2.22. The summed E-state index contributed by atoms with van der Waals surface area (Å²) in [4.78, 5) is 17.9. The summed E-state index contributed by atoms with van der Waals surface area (Å²) in [7, 11) is -4.70. The molecule has 0 saturated carbocycles. The van der Waals surface area contributed by atoms with Gasteiger partial charge in [-0.1, -0.05) is 19.1 Å². The van der Waals surface area contributed by atoms with E-state index >= 15 is 0 Å². The number of rotatable bonds is 4. The van der Waals surface area contributed by atoms with E-state index in [1.165, 1.54) is 30.3 Å². The Morgan fingerprint density at radius 3 is 2.33 bits per heavy atom. The van der Waals surface area contributed by atoms with E-state index < -0.39 is 7.82 Å². The average molecular weight is 310 g/mol. The van der Waals surface area contributed by atoms with Crippen LogP contribution in [-0.4, -0.2) is 20.0 Å². The van der Waals surface area contributed by atoms with E-state index in [1.807, 2.05) is 0 Å². The molecule has 0 spiro atoms. The maximum Gasteiger partial charge on any atom is 0.524 e. The second-order valence-electron chi connectivity index (χ2n) is 4.62. The maximum absolute atomic E-state index is 11.0. The van der Waals surface area contributed by atoms with Crippen LogP contribution in [0.2, 0.25) is 0 Å². The average Bonchev–Trinajstić information content (AvgIpc) is 2.38. The Morgan fingerprint density at radius 2 is 1.71 bits per heavy atom. The van der Waals surface area contributed by atoms with Crippen molar-refractivity contribution < 1.29 is 29.1 Å². The first-order valence-electron chi connectivity index (χ1n) is 6.13. The first-order valence-corrected chi connectivity index (χ1v) is 7.66. The number of phosphoric acid groups is 1. The van der Waals surface area contributed by atoms with E-state index in [-0.39, 0.29) is 23.2 Å². The summed E-state index contributed by atoms with van der Waals surface area (Å²) in [5, 5.41) is 19.1. The summed E-state index contributed by atoms with van der Waals surface area (Å²) < 4.78 is 15.7. The minimum Gasteiger partial charge on any atom is -0.508 e. The SMILES string of the molecule is CC(c1cccc(O)c1)c1cc(O)ccc1OP(=O)(O)O. The van der Waals surface area contributed by atoms with E-state index in [9.17, 15) is 14.8 Å². The van der Waals surface area contributed by atoms with Gasteiger partial charge in [0.2, 0.25) is 0 Å². The van der Waals surface area contributed by atoms with Crippen LogP contribution in [0, 0.1) is 0 Å². The molecule has 6 nitrogen and oxygen atoms in total. The monoisotopic (exact) mass is 310 g/mol. The van der Waals surface area contributed by atoms with Gasteiger partial charge in [-0.25, -0.2) is 4.57 Å². The quantitative estimate of drug-likeness (QED) is 0.647. The molecule has 4 N–H and O–H groups in total. The first-order chi connectivity index (χ1) is 9.76. The summed E-state index contributed by atoms with van der Waals surface area (Å²) in [6.45, 7) is 1.77. The molecule has 0 aliphatic carbocycles. The first kappa shape index (κ1) is 15.4. The van der Waals surface area contributed by atoms with Gasteiger partial charge >= 0.3 is 7.82 Å². The lowest BCUT2D eigenvalue weighted by Crippen LogP contribution is -2.01. The third-order valence-electron chi connectivity index (χ3n) is 3.05. The summed E-state index contributed by atoms with van der Waals surface area (Å²) in [5.74, 6) is -0.324. The van der Waals surface area contributed by atoms with Crippen molar-refractivity contribution in [1.82, 2.24) is 0 Å². The van der Waals surface area contributed by atoms with Crippen LogP contribution in [0.15, 0.2) is 42.5 Å². The molecule has 2 aromatic rings. The molecule has 0 heterocycles. The zero-order chi connectivity index (χ0) is 15.6. The molecule has 2 rings (SSSR count). The predicted molar refractivity (Wildman–Crippen MR) is 76.4 cm³/mol. The summed E-state index contributed by atoms with van der Waals surface area (Å²) >= 11 is 0. The minimum absolute atomic E-state index is 0.0167. The van der Waals surface area contributed by atoms with Gasteiger partial charge < -0.3 is 14.7 Å². The Balaban J connectivity index is 2.46. The zero-order valence-corrected chi connectivity index (χ0v) is 12.1. The molecule has 0 bridgehead atoms. The van der Waals surface area contributed by atoms with E-state index in [0.717, 1.165) is 5.56 Å². The normalized spacial score (nSPS) is 12.9. The van der Waals surface area contributed by atoms with Crippen LogP contribution in [0.1, 0.15) is 24.0 Å². The van der Waals surface area contributed by atoms with Crippen molar-refractivity contribution in [2.45, 2.75) is 12.8 Å². The van der Waals surface area contributed by atoms with Gasteiger partial charge in [0.05, 0.1) is 0 Å². The van der Waals surface area contributed by atoms with E-state index in [1.54, 1.807) is 19.1 Å². The van der Waals surface area contributed by atoms with Crippen LogP contribution in [0.5, 0.6) is 17.2 Å². The number of phosphoric ester groups is 1. The smallest absolute Gasteiger partial charge is 0.508 e. The number of hydrogen-bond acceptors (Lipinski definition) is 4. The second-order valence-corrected chi connectivity index (χ2v) is 5.78. The lowest BCUT2D eigenvalue weighted by molar-refractivity contribution is 0.282. The maximum atomic E-state index is 11.0. The van der Waals surface area contributed by atoms with Crippen molar-refractivity contribution in [3.05, 3.63) is 53.6 Å². The van der Waals surface area contributed by atoms with Crippen molar-refractivity contribution in [3.8, 4) is 17.2 Å². The Labute approximate surface area is 121 Å². The molecule has 1 unspecified atom stereocenters. The van der Waals surface area contributed by atoms with E-state index in [4.69, 9.17) is 9.79 Å². The van der Waals surface area contributed by atoms with Gasteiger partial charge in [-0.2, -0.15) is 0 Å². The topological polar surface area (TPSA) is 107 Å². The molecule has 0 radical (unpaired) electrons. The van der Waals surface area contributed by atoms with Gasteiger partial charge in [0.25, 0.3) is 0 Å².